The summed E-state index contributed by atoms with van der Waals surface area (Å²) < 4.78 is 0. The van der Waals surface area contributed by atoms with Crippen molar-refractivity contribution in [3.05, 3.63) is 118 Å². The molecule has 3 aliphatic carbocycles. The van der Waals surface area contributed by atoms with Gasteiger partial charge in [0.2, 0.25) is 0 Å². The Morgan fingerprint density at radius 3 is 1.76 bits per heavy atom. The van der Waals surface area contributed by atoms with Crippen molar-refractivity contribution in [1.82, 2.24) is 0 Å². The third-order valence-corrected chi connectivity index (χ3v) is 11.0. The molecule has 0 aromatic heterocycles. The molecule has 0 radical (unpaired) electrons. The van der Waals surface area contributed by atoms with Crippen molar-refractivity contribution in [3.63, 3.8) is 0 Å². The van der Waals surface area contributed by atoms with Gasteiger partial charge in [-0.2, -0.15) is 0 Å². The first-order valence-corrected chi connectivity index (χ1v) is 14.9. The Hall–Kier alpha value is -4.42. The van der Waals surface area contributed by atoms with Crippen LogP contribution < -0.4 is 0 Å². The fraction of sp³-hybridized carbons (Fsp3) is 0.171. The molecule has 0 nitrogen and oxygen atoms in total. The highest BCUT2D eigenvalue weighted by Gasteiger charge is 2.43. The van der Waals surface area contributed by atoms with E-state index >= 15 is 0 Å². The topological polar surface area (TPSA) is 0 Å². The summed E-state index contributed by atoms with van der Waals surface area (Å²) in [7, 11) is 0. The second-order valence-corrected chi connectivity index (χ2v) is 13.8. The molecule has 0 heteroatoms. The van der Waals surface area contributed by atoms with Gasteiger partial charge in [0.15, 0.2) is 0 Å². The van der Waals surface area contributed by atoms with Crippen molar-refractivity contribution >= 4 is 54.7 Å². The minimum Gasteiger partial charge on any atom is -0.0610 e. The average Bonchev–Trinajstić information content (AvgIpc) is 3.50. The summed E-state index contributed by atoms with van der Waals surface area (Å²) in [5.41, 5.74) is 15.6. The van der Waals surface area contributed by atoms with Crippen LogP contribution in [0.25, 0.3) is 77.0 Å². The SMILES string of the molecule is CC1=Cc2cc3c(c4cccc1c24)-c1cc2c(cc1C3(C)C)-c1c(cc3ccc4cccc5ccc1c3c45)C2(C)C. The Bertz CT molecular complexity index is 2390. The van der Waals surface area contributed by atoms with Crippen LogP contribution in [0.4, 0.5) is 0 Å². The van der Waals surface area contributed by atoms with E-state index in [1.165, 1.54) is 104 Å². The third kappa shape index (κ3) is 2.39. The molecule has 0 saturated carbocycles. The quantitative estimate of drug-likeness (QED) is 0.174. The van der Waals surface area contributed by atoms with Gasteiger partial charge in [-0.1, -0.05) is 94.4 Å². The van der Waals surface area contributed by atoms with Crippen molar-refractivity contribution in [2.45, 2.75) is 45.4 Å². The molecule has 0 bridgehead atoms. The summed E-state index contributed by atoms with van der Waals surface area (Å²) in [5, 5.41) is 11.1. The van der Waals surface area contributed by atoms with E-state index in [2.05, 4.69) is 126 Å². The zero-order chi connectivity index (χ0) is 27.6. The van der Waals surface area contributed by atoms with Gasteiger partial charge in [-0.05, 0) is 135 Å². The number of hydrogen-bond acceptors (Lipinski definition) is 0. The Balaban J connectivity index is 1.33. The van der Waals surface area contributed by atoms with E-state index in [9.17, 15) is 0 Å². The van der Waals surface area contributed by atoms with Gasteiger partial charge in [0.1, 0.15) is 0 Å². The molecule has 7 aromatic carbocycles. The molecule has 0 aliphatic heterocycles. The van der Waals surface area contributed by atoms with Crippen LogP contribution in [-0.2, 0) is 10.8 Å². The van der Waals surface area contributed by atoms with Crippen molar-refractivity contribution in [1.29, 1.82) is 0 Å². The predicted octanol–water partition coefficient (Wildman–Crippen LogP) is 11.2. The van der Waals surface area contributed by atoms with Gasteiger partial charge in [0.05, 0.1) is 0 Å². The summed E-state index contributed by atoms with van der Waals surface area (Å²) in [6, 6.07) is 33.1. The van der Waals surface area contributed by atoms with E-state index in [1.54, 1.807) is 0 Å². The third-order valence-electron chi connectivity index (χ3n) is 11.0. The largest absolute Gasteiger partial charge is 0.0610 e. The molecule has 0 unspecified atom stereocenters. The van der Waals surface area contributed by atoms with Gasteiger partial charge in [-0.3, -0.25) is 0 Å². The lowest BCUT2D eigenvalue weighted by molar-refractivity contribution is 0.652. The molecule has 0 amide bonds. The lowest BCUT2D eigenvalue weighted by atomic mass is 9.79. The summed E-state index contributed by atoms with van der Waals surface area (Å²) >= 11 is 0. The fourth-order valence-corrected chi connectivity index (χ4v) is 8.98. The summed E-state index contributed by atoms with van der Waals surface area (Å²) in [6.07, 6.45) is 2.39. The van der Waals surface area contributed by atoms with Crippen LogP contribution in [0.15, 0.2) is 84.9 Å². The molecule has 3 aliphatic rings. The van der Waals surface area contributed by atoms with Crippen molar-refractivity contribution in [2.75, 3.05) is 0 Å². The maximum atomic E-state index is 2.58. The lowest BCUT2D eigenvalue weighted by Gasteiger charge is -2.24. The monoisotopic (exact) mass is 522 g/mol. The standard InChI is InChI=1S/C41H30/c1-21-16-25-18-34-38(27-11-7-10-26(21)36(25)27)29-19-32-30(20-31(29)41(34,4)5)39-28-15-14-23-9-6-8-22-12-13-24(37(28)35(22)23)17-33(39)40(32,2)3/h6-20H,1-5H3. The molecular weight excluding hydrogens is 492 g/mol. The van der Waals surface area contributed by atoms with Gasteiger partial charge < -0.3 is 0 Å². The second kappa shape index (κ2) is 6.72. The molecular formula is C41H30. The number of hydrogen-bond donors (Lipinski definition) is 0. The Morgan fingerprint density at radius 2 is 1.05 bits per heavy atom. The van der Waals surface area contributed by atoms with Crippen LogP contribution in [0.5, 0.6) is 0 Å². The minimum absolute atomic E-state index is 0.0680. The normalized spacial score (nSPS) is 17.0. The molecule has 0 fully saturated rings. The van der Waals surface area contributed by atoms with Crippen molar-refractivity contribution in [2.24, 2.45) is 0 Å². The van der Waals surface area contributed by atoms with Crippen LogP contribution in [0.2, 0.25) is 0 Å². The van der Waals surface area contributed by atoms with Crippen molar-refractivity contribution in [3.8, 4) is 22.3 Å². The molecule has 194 valence electrons. The van der Waals surface area contributed by atoms with Gasteiger partial charge in [0.25, 0.3) is 0 Å². The zero-order valence-corrected chi connectivity index (χ0v) is 24.2. The maximum Gasteiger partial charge on any atom is 0.0159 e. The smallest absolute Gasteiger partial charge is 0.0159 e. The molecule has 0 heterocycles. The van der Waals surface area contributed by atoms with E-state index in [4.69, 9.17) is 0 Å². The molecule has 41 heavy (non-hydrogen) atoms. The van der Waals surface area contributed by atoms with Gasteiger partial charge >= 0.3 is 0 Å². The van der Waals surface area contributed by atoms with E-state index in [-0.39, 0.29) is 10.8 Å². The summed E-state index contributed by atoms with van der Waals surface area (Å²) in [4.78, 5) is 0. The summed E-state index contributed by atoms with van der Waals surface area (Å²) in [6.45, 7) is 12.0. The fourth-order valence-electron chi connectivity index (χ4n) is 8.98. The average molecular weight is 523 g/mol. The van der Waals surface area contributed by atoms with E-state index < -0.39 is 0 Å². The van der Waals surface area contributed by atoms with Crippen LogP contribution in [0, 0.1) is 0 Å². The first-order chi connectivity index (χ1) is 19.7. The van der Waals surface area contributed by atoms with E-state index in [1.807, 2.05) is 0 Å². The van der Waals surface area contributed by atoms with Gasteiger partial charge in [0, 0.05) is 10.8 Å². The van der Waals surface area contributed by atoms with Crippen LogP contribution in [0.3, 0.4) is 0 Å². The highest BCUT2D eigenvalue weighted by molar-refractivity contribution is 6.26. The summed E-state index contributed by atoms with van der Waals surface area (Å²) in [5.74, 6) is 0. The zero-order valence-electron chi connectivity index (χ0n) is 24.2. The van der Waals surface area contributed by atoms with E-state index in [0.29, 0.717) is 0 Å². The van der Waals surface area contributed by atoms with Gasteiger partial charge in [-0.25, -0.2) is 0 Å². The molecule has 10 rings (SSSR count). The molecule has 0 atom stereocenters. The number of benzene rings is 7. The van der Waals surface area contributed by atoms with Crippen LogP contribution in [0.1, 0.15) is 68.0 Å². The predicted molar refractivity (Wildman–Crippen MR) is 176 cm³/mol. The number of rotatable bonds is 0. The highest BCUT2D eigenvalue weighted by Crippen LogP contribution is 2.60. The Kier molecular flexibility index (Phi) is 3.65. The number of fused-ring (bicyclic) bond motifs is 8. The first kappa shape index (κ1) is 22.3. The lowest BCUT2D eigenvalue weighted by Crippen LogP contribution is -2.17. The highest BCUT2D eigenvalue weighted by atomic mass is 14.5. The van der Waals surface area contributed by atoms with Crippen molar-refractivity contribution < 1.29 is 0 Å². The first-order valence-electron chi connectivity index (χ1n) is 14.9. The van der Waals surface area contributed by atoms with Crippen LogP contribution in [-0.4, -0.2) is 0 Å². The van der Waals surface area contributed by atoms with Crippen LogP contribution >= 0.6 is 0 Å². The van der Waals surface area contributed by atoms with E-state index in [0.717, 1.165) is 0 Å². The Labute approximate surface area is 240 Å². The second-order valence-electron chi connectivity index (χ2n) is 13.8. The molecule has 0 saturated heterocycles. The Morgan fingerprint density at radius 1 is 0.463 bits per heavy atom. The molecule has 0 N–H and O–H groups in total. The maximum absolute atomic E-state index is 2.58. The number of allylic oxidation sites excluding steroid dienone is 1. The minimum atomic E-state index is -0.0793. The molecule has 0 spiro atoms. The molecule has 7 aromatic rings. The van der Waals surface area contributed by atoms with Gasteiger partial charge in [-0.15, -0.1) is 0 Å².